The Morgan fingerprint density at radius 2 is 1.88 bits per heavy atom. The molecule has 2 aromatic rings. The first-order valence-electron chi connectivity index (χ1n) is 9.53. The van der Waals surface area contributed by atoms with Gasteiger partial charge in [-0.3, -0.25) is 9.69 Å². The van der Waals surface area contributed by atoms with Crippen molar-refractivity contribution in [1.29, 1.82) is 0 Å². The van der Waals surface area contributed by atoms with Crippen molar-refractivity contribution in [2.45, 2.75) is 44.7 Å². The number of phenolic OH excluding ortho intramolecular Hbond substituents is 1. The number of carbonyl (C=O) groups is 1. The van der Waals surface area contributed by atoms with E-state index in [1.165, 1.54) is 24.8 Å². The molecule has 1 unspecified atom stereocenters. The quantitative estimate of drug-likeness (QED) is 0.802. The number of hydrogen-bond donors (Lipinski definition) is 2. The summed E-state index contributed by atoms with van der Waals surface area (Å²) in [5.74, 6) is 0.218. The van der Waals surface area contributed by atoms with Crippen molar-refractivity contribution in [2.75, 3.05) is 13.1 Å². The predicted molar refractivity (Wildman–Crippen MR) is 104 cm³/mol. The highest BCUT2D eigenvalue weighted by Gasteiger charge is 2.22. The maximum absolute atomic E-state index is 12.1. The molecule has 1 amide bonds. The van der Waals surface area contributed by atoms with Gasteiger partial charge in [0.2, 0.25) is 5.91 Å². The number of aromatic hydroxyl groups is 1. The molecule has 1 atom stereocenters. The summed E-state index contributed by atoms with van der Waals surface area (Å²) in [5, 5.41) is 12.5. The van der Waals surface area contributed by atoms with E-state index in [1.807, 2.05) is 6.07 Å². The second-order valence-electron chi connectivity index (χ2n) is 7.09. The first-order valence-corrected chi connectivity index (χ1v) is 9.53. The van der Waals surface area contributed by atoms with Crippen molar-refractivity contribution < 1.29 is 9.90 Å². The molecule has 1 aliphatic rings. The minimum absolute atomic E-state index is 0.0148. The fourth-order valence-electron chi connectivity index (χ4n) is 3.71. The van der Waals surface area contributed by atoms with Crippen LogP contribution in [-0.4, -0.2) is 35.0 Å². The summed E-state index contributed by atoms with van der Waals surface area (Å²) in [4.78, 5) is 14.7. The highest BCUT2D eigenvalue weighted by atomic mass is 16.3. The normalized spacial score (nSPS) is 17.8. The van der Waals surface area contributed by atoms with Crippen molar-refractivity contribution in [3.05, 3.63) is 65.7 Å². The molecule has 0 bridgehead atoms. The third-order valence-electron chi connectivity index (χ3n) is 5.05. The van der Waals surface area contributed by atoms with Gasteiger partial charge in [0.25, 0.3) is 0 Å². The highest BCUT2D eigenvalue weighted by molar-refractivity contribution is 5.78. The van der Waals surface area contributed by atoms with Crippen LogP contribution in [0.4, 0.5) is 0 Å². The van der Waals surface area contributed by atoms with Gasteiger partial charge in [-0.25, -0.2) is 0 Å². The van der Waals surface area contributed by atoms with E-state index in [4.69, 9.17) is 0 Å². The summed E-state index contributed by atoms with van der Waals surface area (Å²) >= 11 is 0. The van der Waals surface area contributed by atoms with Gasteiger partial charge < -0.3 is 10.4 Å². The zero-order chi connectivity index (χ0) is 18.2. The molecule has 1 fully saturated rings. The lowest BCUT2D eigenvalue weighted by atomic mass is 9.98. The average molecular weight is 352 g/mol. The Hall–Kier alpha value is -2.33. The molecule has 3 rings (SSSR count). The molecule has 26 heavy (non-hydrogen) atoms. The van der Waals surface area contributed by atoms with Gasteiger partial charge in [0.15, 0.2) is 0 Å². The molecule has 1 saturated heterocycles. The monoisotopic (exact) mass is 352 g/mol. The number of carbonyl (C=O) groups excluding carboxylic acids is 1. The molecule has 4 heteroatoms. The molecular formula is C22H28N2O2. The van der Waals surface area contributed by atoms with E-state index in [-0.39, 0.29) is 11.7 Å². The minimum Gasteiger partial charge on any atom is -0.508 e. The van der Waals surface area contributed by atoms with Crippen LogP contribution < -0.4 is 5.32 Å². The number of nitrogens with zero attached hydrogens (tertiary/aromatic N) is 1. The number of benzene rings is 2. The Morgan fingerprint density at radius 1 is 1.08 bits per heavy atom. The zero-order valence-corrected chi connectivity index (χ0v) is 15.2. The Bertz CT molecular complexity index is 702. The van der Waals surface area contributed by atoms with Gasteiger partial charge in [-0.2, -0.15) is 0 Å². The van der Waals surface area contributed by atoms with Crippen LogP contribution >= 0.6 is 0 Å². The predicted octanol–water partition coefficient (Wildman–Crippen LogP) is 3.50. The number of hydrogen-bond acceptors (Lipinski definition) is 3. The van der Waals surface area contributed by atoms with E-state index < -0.39 is 0 Å². The molecule has 0 aliphatic carbocycles. The Labute approximate surface area is 155 Å². The second-order valence-corrected chi connectivity index (χ2v) is 7.09. The highest BCUT2D eigenvalue weighted by Crippen LogP contribution is 2.21. The van der Waals surface area contributed by atoms with Gasteiger partial charge in [0, 0.05) is 19.1 Å². The Balaban J connectivity index is 1.45. The van der Waals surface area contributed by atoms with Crippen molar-refractivity contribution in [2.24, 2.45) is 0 Å². The second kappa shape index (κ2) is 9.39. The first kappa shape index (κ1) is 18.5. The zero-order valence-electron chi connectivity index (χ0n) is 15.2. The van der Waals surface area contributed by atoms with Crippen LogP contribution in [0.25, 0.3) is 0 Å². The third kappa shape index (κ3) is 5.60. The first-order chi connectivity index (χ1) is 12.7. The van der Waals surface area contributed by atoms with Gasteiger partial charge in [-0.05, 0) is 49.1 Å². The molecule has 2 aromatic carbocycles. The van der Waals surface area contributed by atoms with E-state index in [9.17, 15) is 9.90 Å². The van der Waals surface area contributed by atoms with Gasteiger partial charge >= 0.3 is 0 Å². The topological polar surface area (TPSA) is 52.6 Å². The molecular weight excluding hydrogens is 324 g/mol. The molecule has 4 nitrogen and oxygen atoms in total. The van der Waals surface area contributed by atoms with Crippen molar-refractivity contribution in [1.82, 2.24) is 10.2 Å². The van der Waals surface area contributed by atoms with Crippen LogP contribution in [0.2, 0.25) is 0 Å². The molecule has 0 aromatic heterocycles. The van der Waals surface area contributed by atoms with Gasteiger partial charge in [-0.1, -0.05) is 48.9 Å². The number of rotatable bonds is 7. The minimum atomic E-state index is 0.0148. The average Bonchev–Trinajstić information content (AvgIpc) is 2.64. The largest absolute Gasteiger partial charge is 0.508 e. The third-order valence-corrected chi connectivity index (χ3v) is 5.05. The summed E-state index contributed by atoms with van der Waals surface area (Å²) in [6.45, 7) is 2.83. The molecule has 1 aliphatic heterocycles. The van der Waals surface area contributed by atoms with E-state index in [0.29, 0.717) is 19.0 Å². The maximum atomic E-state index is 12.1. The molecule has 2 N–H and O–H groups in total. The fraction of sp³-hybridized carbons (Fsp3) is 0.409. The van der Waals surface area contributed by atoms with E-state index >= 15 is 0 Å². The van der Waals surface area contributed by atoms with Crippen molar-refractivity contribution in [3.8, 4) is 5.75 Å². The van der Waals surface area contributed by atoms with E-state index in [0.717, 1.165) is 25.1 Å². The van der Waals surface area contributed by atoms with Crippen molar-refractivity contribution in [3.63, 3.8) is 0 Å². The number of phenols is 1. The molecule has 0 saturated carbocycles. The maximum Gasteiger partial charge on any atom is 0.224 e. The Morgan fingerprint density at radius 3 is 2.69 bits per heavy atom. The lowest BCUT2D eigenvalue weighted by molar-refractivity contribution is -0.120. The van der Waals surface area contributed by atoms with Crippen LogP contribution in [0.15, 0.2) is 54.6 Å². The van der Waals surface area contributed by atoms with Crippen LogP contribution in [0.5, 0.6) is 5.75 Å². The summed E-state index contributed by atoms with van der Waals surface area (Å²) in [5.41, 5.74) is 2.19. The van der Waals surface area contributed by atoms with Gasteiger partial charge in [-0.15, -0.1) is 0 Å². The lowest BCUT2D eigenvalue weighted by Gasteiger charge is -2.36. The molecule has 138 valence electrons. The summed E-state index contributed by atoms with van der Waals surface area (Å²) in [6, 6.07) is 18.0. The van der Waals surface area contributed by atoms with Crippen LogP contribution in [-0.2, 0) is 17.8 Å². The van der Waals surface area contributed by atoms with Gasteiger partial charge in [0.1, 0.15) is 5.75 Å². The Kier molecular flexibility index (Phi) is 6.67. The number of amides is 1. The number of likely N-dealkylation sites (tertiary alicyclic amines) is 1. The van der Waals surface area contributed by atoms with Crippen molar-refractivity contribution >= 4 is 5.91 Å². The lowest BCUT2D eigenvalue weighted by Crippen LogP contribution is -2.41. The summed E-state index contributed by atoms with van der Waals surface area (Å²) in [7, 11) is 0. The number of piperidine rings is 1. The molecule has 0 spiro atoms. The summed E-state index contributed by atoms with van der Waals surface area (Å²) in [6.07, 6.45) is 5.03. The standard InChI is InChI=1S/C22H28N2O2/c25-21-11-6-9-19(15-21)16-22(26)23-13-12-20-10-4-5-14-24(20)17-18-7-2-1-3-8-18/h1-3,6-9,11,15,20,25H,4-5,10,12-14,16-17H2,(H,23,26). The fourth-order valence-corrected chi connectivity index (χ4v) is 3.71. The molecule has 1 heterocycles. The van der Waals surface area contributed by atoms with E-state index in [1.54, 1.807) is 18.2 Å². The number of nitrogens with one attached hydrogen (secondary N) is 1. The van der Waals surface area contributed by atoms with Crippen LogP contribution in [0.1, 0.15) is 36.8 Å². The van der Waals surface area contributed by atoms with Crippen LogP contribution in [0.3, 0.4) is 0 Å². The van der Waals surface area contributed by atoms with Gasteiger partial charge in [0.05, 0.1) is 6.42 Å². The SMILES string of the molecule is O=C(Cc1cccc(O)c1)NCCC1CCCCN1Cc1ccccc1. The smallest absolute Gasteiger partial charge is 0.224 e. The van der Waals surface area contributed by atoms with Crippen LogP contribution in [0, 0.1) is 0 Å². The van der Waals surface area contributed by atoms with E-state index in [2.05, 4.69) is 40.5 Å². The molecule has 0 radical (unpaired) electrons. The summed E-state index contributed by atoms with van der Waals surface area (Å²) < 4.78 is 0.